The number of aromatic nitrogens is 3. The van der Waals surface area contributed by atoms with Gasteiger partial charge in [0.05, 0.1) is 30.7 Å². The summed E-state index contributed by atoms with van der Waals surface area (Å²) in [5.41, 5.74) is 2.77. The van der Waals surface area contributed by atoms with Crippen molar-refractivity contribution in [3.8, 4) is 28.8 Å². The summed E-state index contributed by atoms with van der Waals surface area (Å²) < 4.78 is 67.0. The third kappa shape index (κ3) is 6.26. The van der Waals surface area contributed by atoms with Gasteiger partial charge in [-0.3, -0.25) is 4.72 Å². The number of alkyl halides is 2. The van der Waals surface area contributed by atoms with Gasteiger partial charge in [0.15, 0.2) is 0 Å². The average molecular weight is 619 g/mol. The number of hydrogen-bond acceptors (Lipinski definition) is 10. The van der Waals surface area contributed by atoms with E-state index in [-0.39, 0.29) is 37.7 Å². The third-order valence-electron chi connectivity index (χ3n) is 8.89. The Kier molecular flexibility index (Phi) is 7.69. The topological polar surface area (TPSA) is 134 Å². The molecule has 4 heterocycles. The number of aliphatic hydroxyl groups excluding tert-OH is 1. The van der Waals surface area contributed by atoms with Crippen LogP contribution in [0.4, 0.5) is 26.0 Å². The maximum absolute atomic E-state index is 13.8. The number of aliphatic hydroxyl groups is 1. The first-order chi connectivity index (χ1) is 20.5. The van der Waals surface area contributed by atoms with E-state index in [9.17, 15) is 22.3 Å². The van der Waals surface area contributed by atoms with E-state index in [0.29, 0.717) is 33.9 Å². The first-order valence-corrected chi connectivity index (χ1v) is 16.1. The highest BCUT2D eigenvalue weighted by Gasteiger charge is 2.44. The molecule has 14 heteroatoms. The summed E-state index contributed by atoms with van der Waals surface area (Å²) in [7, 11) is -2.31. The molecular formula is C29H36F2N6O5S. The van der Waals surface area contributed by atoms with Crippen molar-refractivity contribution in [2.45, 2.75) is 56.6 Å². The fourth-order valence-corrected chi connectivity index (χ4v) is 6.55. The van der Waals surface area contributed by atoms with Gasteiger partial charge in [-0.05, 0) is 62.3 Å². The molecule has 2 saturated heterocycles. The van der Waals surface area contributed by atoms with Gasteiger partial charge in [0, 0.05) is 50.7 Å². The maximum Gasteiger partial charge on any atom is 0.251 e. The molecule has 1 aromatic carbocycles. The van der Waals surface area contributed by atoms with Crippen molar-refractivity contribution < 1.29 is 31.5 Å². The zero-order valence-electron chi connectivity index (χ0n) is 24.2. The van der Waals surface area contributed by atoms with Gasteiger partial charge in [0.2, 0.25) is 27.7 Å². The van der Waals surface area contributed by atoms with Crippen LogP contribution < -0.4 is 19.3 Å². The highest BCUT2D eigenvalue weighted by molar-refractivity contribution is 7.93. The average Bonchev–Trinajstić information content (AvgIpc) is 3.56. The van der Waals surface area contributed by atoms with Gasteiger partial charge >= 0.3 is 0 Å². The number of hydrogen-bond donors (Lipinski definition) is 2. The van der Waals surface area contributed by atoms with E-state index in [2.05, 4.69) is 24.8 Å². The molecule has 0 bridgehead atoms. The highest BCUT2D eigenvalue weighted by atomic mass is 32.2. The Balaban J connectivity index is 1.32. The van der Waals surface area contributed by atoms with Crippen LogP contribution in [0.25, 0.3) is 22.9 Å². The van der Waals surface area contributed by atoms with E-state index >= 15 is 0 Å². The molecule has 3 aliphatic rings. The standard InChI is InChI=1S/C29H36F2N6O5S/c1-19(18-38)43(39,40)35-21-3-4-22(23(17-21)36-11-7-28(5-6-28)8-12-36)27-34-33-26(42-27)20-15-24(32-25(16-20)41-2)37-13-9-29(30,31)10-14-37/h3-4,15-17,19,35,38H,5-14,18H2,1-2H3. The molecule has 3 fully saturated rings. The van der Waals surface area contributed by atoms with Crippen LogP contribution in [-0.4, -0.2) is 79.8 Å². The lowest BCUT2D eigenvalue weighted by atomic mass is 9.93. The Morgan fingerprint density at radius 2 is 1.67 bits per heavy atom. The highest BCUT2D eigenvalue weighted by Crippen LogP contribution is 2.54. The molecule has 1 atom stereocenters. The fourth-order valence-electron chi connectivity index (χ4n) is 5.69. The number of piperidine rings is 2. The summed E-state index contributed by atoms with van der Waals surface area (Å²) in [5.74, 6) is -1.44. The Morgan fingerprint density at radius 3 is 2.33 bits per heavy atom. The predicted molar refractivity (Wildman–Crippen MR) is 158 cm³/mol. The Hall–Kier alpha value is -3.52. The maximum atomic E-state index is 13.8. The van der Waals surface area contributed by atoms with Crippen LogP contribution >= 0.6 is 0 Å². The normalized spacial score (nSPS) is 20.2. The van der Waals surface area contributed by atoms with Gasteiger partial charge < -0.3 is 24.1 Å². The SMILES string of the molecule is COc1cc(-c2nnc(-c3ccc(NS(=O)(=O)C(C)CO)cc3N3CCC4(CC3)CC4)o2)cc(N2CCC(F)(F)CC2)n1. The molecule has 2 aliphatic heterocycles. The predicted octanol–water partition coefficient (Wildman–Crippen LogP) is 4.55. The Morgan fingerprint density at radius 1 is 1.00 bits per heavy atom. The number of pyridine rings is 1. The minimum absolute atomic E-state index is 0.162. The number of rotatable bonds is 9. The summed E-state index contributed by atoms with van der Waals surface area (Å²) in [6.07, 6.45) is 4.10. The summed E-state index contributed by atoms with van der Waals surface area (Å²) in [5, 5.41) is 17.0. The molecular weight excluding hydrogens is 582 g/mol. The number of nitrogens with zero attached hydrogens (tertiary/aromatic N) is 5. The molecule has 2 aromatic heterocycles. The zero-order chi connectivity index (χ0) is 30.4. The van der Waals surface area contributed by atoms with E-state index in [1.54, 1.807) is 35.2 Å². The van der Waals surface area contributed by atoms with Gasteiger partial charge in [-0.25, -0.2) is 17.2 Å². The lowest BCUT2D eigenvalue weighted by molar-refractivity contribution is -0.0221. The molecule has 1 unspecified atom stereocenters. The molecule has 232 valence electrons. The van der Waals surface area contributed by atoms with Crippen molar-refractivity contribution in [1.82, 2.24) is 15.2 Å². The van der Waals surface area contributed by atoms with Crippen LogP contribution in [0.15, 0.2) is 34.7 Å². The molecule has 2 N–H and O–H groups in total. The summed E-state index contributed by atoms with van der Waals surface area (Å²) >= 11 is 0. The molecule has 6 rings (SSSR count). The van der Waals surface area contributed by atoms with Crippen molar-refractivity contribution in [3.63, 3.8) is 0 Å². The van der Waals surface area contributed by atoms with Crippen LogP contribution in [0, 0.1) is 5.41 Å². The van der Waals surface area contributed by atoms with Gasteiger partial charge in [0.1, 0.15) is 11.1 Å². The lowest BCUT2D eigenvalue weighted by Crippen LogP contribution is -2.39. The van der Waals surface area contributed by atoms with Crippen molar-refractivity contribution in [2.75, 3.05) is 54.4 Å². The zero-order valence-corrected chi connectivity index (χ0v) is 25.0. The van der Waals surface area contributed by atoms with Crippen LogP contribution in [0.1, 0.15) is 45.4 Å². The van der Waals surface area contributed by atoms with Crippen molar-refractivity contribution in [2.24, 2.45) is 5.41 Å². The second-order valence-corrected chi connectivity index (χ2v) is 14.0. The van der Waals surface area contributed by atoms with Gasteiger partial charge in [-0.15, -0.1) is 10.2 Å². The van der Waals surface area contributed by atoms with Crippen molar-refractivity contribution in [3.05, 3.63) is 30.3 Å². The first-order valence-electron chi connectivity index (χ1n) is 14.5. The second-order valence-electron chi connectivity index (χ2n) is 11.9. The number of sulfonamides is 1. The lowest BCUT2D eigenvalue weighted by Gasteiger charge is -2.35. The molecule has 3 aromatic rings. The van der Waals surface area contributed by atoms with Crippen molar-refractivity contribution >= 4 is 27.2 Å². The molecule has 1 aliphatic carbocycles. The van der Waals surface area contributed by atoms with Gasteiger partial charge in [-0.1, -0.05) is 0 Å². The van der Waals surface area contributed by atoms with Crippen LogP contribution in [0.2, 0.25) is 0 Å². The number of halogens is 2. The minimum Gasteiger partial charge on any atom is -0.481 e. The molecule has 43 heavy (non-hydrogen) atoms. The van der Waals surface area contributed by atoms with Gasteiger partial charge in [0.25, 0.3) is 5.92 Å². The van der Waals surface area contributed by atoms with E-state index < -0.39 is 27.8 Å². The molecule has 11 nitrogen and oxygen atoms in total. The second kappa shape index (κ2) is 11.2. The van der Waals surface area contributed by atoms with Crippen LogP contribution in [-0.2, 0) is 10.0 Å². The number of methoxy groups -OCH3 is 1. The molecule has 0 amide bonds. The number of ether oxygens (including phenoxy) is 1. The third-order valence-corrected chi connectivity index (χ3v) is 10.6. The Bertz CT molecular complexity index is 1580. The quantitative estimate of drug-likeness (QED) is 0.352. The van der Waals surface area contributed by atoms with Gasteiger partial charge in [-0.2, -0.15) is 4.98 Å². The molecule has 0 radical (unpaired) electrons. The Labute approximate surface area is 249 Å². The largest absolute Gasteiger partial charge is 0.481 e. The minimum atomic E-state index is -3.79. The smallest absolute Gasteiger partial charge is 0.251 e. The summed E-state index contributed by atoms with van der Waals surface area (Å²) in [6, 6.07) is 8.54. The van der Waals surface area contributed by atoms with E-state index in [4.69, 9.17) is 9.15 Å². The van der Waals surface area contributed by atoms with E-state index in [0.717, 1.165) is 31.6 Å². The fraction of sp³-hybridized carbons (Fsp3) is 0.552. The number of anilines is 3. The first kappa shape index (κ1) is 29.5. The molecule has 1 saturated carbocycles. The van der Waals surface area contributed by atoms with Crippen LogP contribution in [0.3, 0.4) is 0 Å². The summed E-state index contributed by atoms with van der Waals surface area (Å²) in [4.78, 5) is 8.46. The number of nitrogens with one attached hydrogen (secondary N) is 1. The van der Waals surface area contributed by atoms with E-state index in [1.165, 1.54) is 26.9 Å². The summed E-state index contributed by atoms with van der Waals surface area (Å²) in [6.45, 7) is 2.90. The van der Waals surface area contributed by atoms with Crippen LogP contribution in [0.5, 0.6) is 5.88 Å². The number of benzene rings is 1. The van der Waals surface area contributed by atoms with E-state index in [1.807, 2.05) is 0 Å². The molecule has 1 spiro atoms. The monoisotopic (exact) mass is 618 g/mol. The van der Waals surface area contributed by atoms with Crippen molar-refractivity contribution in [1.29, 1.82) is 0 Å².